The van der Waals surface area contributed by atoms with E-state index in [1.807, 2.05) is 38.7 Å². The third-order valence-electron chi connectivity index (χ3n) is 5.41. The van der Waals surface area contributed by atoms with Gasteiger partial charge in [0.2, 0.25) is 5.91 Å². The Morgan fingerprint density at radius 1 is 1.31 bits per heavy atom. The lowest BCUT2D eigenvalue weighted by Gasteiger charge is -2.28. The molecule has 1 aliphatic heterocycles. The molecule has 0 atom stereocenters. The fourth-order valence-electron chi connectivity index (χ4n) is 3.75. The fraction of sp³-hybridized carbons (Fsp3) is 0.333. The SMILES string of the molecule is C/C=N\c1cc(Nc2ncnc3sc(C4=CCCN(C(=O)C(C)C)C4)cc23)c(F)cc1C. The first-order valence-electron chi connectivity index (χ1n) is 10.7. The Hall–Kier alpha value is -3.13. The topological polar surface area (TPSA) is 70.5 Å². The number of aryl methyl sites for hydroxylation is 1. The molecule has 0 saturated carbocycles. The Labute approximate surface area is 190 Å². The van der Waals surface area contributed by atoms with Crippen LogP contribution in [0.15, 0.2) is 35.6 Å². The molecule has 3 heterocycles. The Morgan fingerprint density at radius 2 is 2.12 bits per heavy atom. The number of thiophene rings is 1. The maximum absolute atomic E-state index is 14.6. The summed E-state index contributed by atoms with van der Waals surface area (Å²) in [6.07, 6.45) is 6.17. The van der Waals surface area contributed by atoms with Crippen LogP contribution < -0.4 is 5.32 Å². The number of halogens is 1. The Balaban J connectivity index is 1.66. The van der Waals surface area contributed by atoms with E-state index in [9.17, 15) is 9.18 Å². The molecule has 2 aromatic heterocycles. The van der Waals surface area contributed by atoms with Crippen molar-refractivity contribution in [2.45, 2.75) is 34.1 Å². The molecule has 3 aromatic rings. The first-order valence-corrected chi connectivity index (χ1v) is 11.5. The minimum absolute atomic E-state index is 0.0234. The van der Waals surface area contributed by atoms with Crippen molar-refractivity contribution < 1.29 is 9.18 Å². The van der Waals surface area contributed by atoms with Crippen molar-refractivity contribution in [1.29, 1.82) is 0 Å². The number of amides is 1. The molecule has 1 amide bonds. The summed E-state index contributed by atoms with van der Waals surface area (Å²) in [5.41, 5.74) is 2.89. The zero-order chi connectivity index (χ0) is 22.8. The second-order valence-electron chi connectivity index (χ2n) is 8.12. The molecule has 166 valence electrons. The van der Waals surface area contributed by atoms with Crippen LogP contribution in [0.1, 0.15) is 37.6 Å². The van der Waals surface area contributed by atoms with E-state index < -0.39 is 0 Å². The number of rotatable bonds is 5. The number of benzene rings is 1. The smallest absolute Gasteiger partial charge is 0.225 e. The number of hydrogen-bond acceptors (Lipinski definition) is 6. The predicted octanol–water partition coefficient (Wildman–Crippen LogP) is 5.88. The Bertz CT molecular complexity index is 1230. The quantitative estimate of drug-likeness (QED) is 0.492. The summed E-state index contributed by atoms with van der Waals surface area (Å²) in [5, 5.41) is 3.94. The third-order valence-corrected chi connectivity index (χ3v) is 6.53. The van der Waals surface area contributed by atoms with Gasteiger partial charge in [0.15, 0.2) is 0 Å². The molecule has 0 fully saturated rings. The molecule has 0 saturated heterocycles. The summed E-state index contributed by atoms with van der Waals surface area (Å²) in [5.74, 6) is 0.319. The zero-order valence-electron chi connectivity index (χ0n) is 18.6. The minimum Gasteiger partial charge on any atom is -0.338 e. The molecule has 1 N–H and O–H groups in total. The molecule has 1 aromatic carbocycles. The van der Waals surface area contributed by atoms with E-state index in [0.717, 1.165) is 39.2 Å². The summed E-state index contributed by atoms with van der Waals surface area (Å²) in [6.45, 7) is 8.84. The fourth-order valence-corrected chi connectivity index (χ4v) is 4.78. The number of aliphatic imine (C=N–C) groups is 1. The van der Waals surface area contributed by atoms with Gasteiger partial charge < -0.3 is 10.2 Å². The molecule has 6 nitrogen and oxygen atoms in total. The predicted molar refractivity (Wildman–Crippen MR) is 130 cm³/mol. The number of carbonyl (C=O) groups excluding carboxylic acids is 1. The van der Waals surface area contributed by atoms with E-state index in [2.05, 4.69) is 26.4 Å². The number of anilines is 2. The molecule has 0 aliphatic carbocycles. The van der Waals surface area contributed by atoms with Crippen molar-refractivity contribution in [3.8, 4) is 0 Å². The van der Waals surface area contributed by atoms with Gasteiger partial charge in [-0.25, -0.2) is 14.4 Å². The van der Waals surface area contributed by atoms with Gasteiger partial charge >= 0.3 is 0 Å². The molecular weight excluding hydrogens is 425 g/mol. The van der Waals surface area contributed by atoms with Crippen molar-refractivity contribution in [2.75, 3.05) is 18.4 Å². The van der Waals surface area contributed by atoms with Gasteiger partial charge in [0.05, 0.1) is 16.8 Å². The van der Waals surface area contributed by atoms with Crippen LogP contribution in [0, 0.1) is 18.7 Å². The van der Waals surface area contributed by atoms with Gasteiger partial charge in [0, 0.05) is 30.1 Å². The van der Waals surface area contributed by atoms with Crippen molar-refractivity contribution in [3.05, 3.63) is 46.9 Å². The van der Waals surface area contributed by atoms with Crippen LogP contribution in [0.25, 0.3) is 15.8 Å². The molecule has 4 rings (SSSR count). The lowest BCUT2D eigenvalue weighted by Crippen LogP contribution is -2.37. The number of carbonyl (C=O) groups is 1. The standard InChI is InChI=1S/C24H26FN5OS/c1-5-26-19-11-20(18(25)9-15(19)4)29-22-17-10-21(32-23(17)28-13-27-22)16-7-6-8-30(12-16)24(31)14(2)3/h5,7,9-11,13-14H,6,8,12H2,1-4H3,(H,27,28,29)/b26-5-. The Morgan fingerprint density at radius 3 is 2.88 bits per heavy atom. The second kappa shape index (κ2) is 9.16. The van der Waals surface area contributed by atoms with Crippen molar-refractivity contribution in [3.63, 3.8) is 0 Å². The van der Waals surface area contributed by atoms with E-state index in [-0.39, 0.29) is 17.6 Å². The average Bonchev–Trinajstić information content (AvgIpc) is 3.22. The number of hydrogen-bond donors (Lipinski definition) is 1. The van der Waals surface area contributed by atoms with Crippen LogP contribution in [0.4, 0.5) is 21.6 Å². The molecule has 0 spiro atoms. The van der Waals surface area contributed by atoms with Gasteiger partial charge in [-0.05, 0) is 49.6 Å². The minimum atomic E-state index is -0.363. The molecule has 0 unspecified atom stereocenters. The van der Waals surface area contributed by atoms with Gasteiger partial charge in [-0.15, -0.1) is 11.3 Å². The highest BCUT2D eigenvalue weighted by molar-refractivity contribution is 7.19. The summed E-state index contributed by atoms with van der Waals surface area (Å²) in [7, 11) is 0. The molecular formula is C24H26FN5OS. The van der Waals surface area contributed by atoms with E-state index in [0.29, 0.717) is 23.7 Å². The molecule has 0 bridgehead atoms. The van der Waals surface area contributed by atoms with E-state index in [1.54, 1.807) is 23.6 Å². The van der Waals surface area contributed by atoms with E-state index in [1.165, 1.54) is 12.4 Å². The lowest BCUT2D eigenvalue weighted by molar-refractivity contribution is -0.133. The van der Waals surface area contributed by atoms with Gasteiger partial charge in [0.1, 0.15) is 22.8 Å². The van der Waals surface area contributed by atoms with E-state index in [4.69, 9.17) is 0 Å². The molecule has 0 radical (unpaired) electrons. The van der Waals surface area contributed by atoms with E-state index >= 15 is 0 Å². The molecule has 1 aliphatic rings. The number of nitrogens with zero attached hydrogens (tertiary/aromatic N) is 4. The van der Waals surface area contributed by atoms with Gasteiger partial charge in [-0.2, -0.15) is 0 Å². The zero-order valence-corrected chi connectivity index (χ0v) is 19.5. The Kier molecular flexibility index (Phi) is 6.32. The van der Waals surface area contributed by atoms with Crippen LogP contribution >= 0.6 is 11.3 Å². The van der Waals surface area contributed by atoms with Crippen LogP contribution in [-0.4, -0.2) is 40.1 Å². The van der Waals surface area contributed by atoms with Gasteiger partial charge in [0.25, 0.3) is 0 Å². The summed E-state index contributed by atoms with van der Waals surface area (Å²) >= 11 is 1.55. The van der Waals surface area contributed by atoms with Crippen molar-refractivity contribution >= 4 is 56.4 Å². The van der Waals surface area contributed by atoms with Crippen LogP contribution in [0.5, 0.6) is 0 Å². The maximum Gasteiger partial charge on any atom is 0.225 e. The first kappa shape index (κ1) is 22.1. The number of nitrogens with one attached hydrogen (secondary N) is 1. The third kappa shape index (κ3) is 4.41. The summed E-state index contributed by atoms with van der Waals surface area (Å²) in [6, 6.07) is 5.18. The molecule has 32 heavy (non-hydrogen) atoms. The highest BCUT2D eigenvalue weighted by Gasteiger charge is 2.22. The number of fused-ring (bicyclic) bond motifs is 1. The largest absolute Gasteiger partial charge is 0.338 e. The highest BCUT2D eigenvalue weighted by atomic mass is 32.1. The van der Waals surface area contributed by atoms with Gasteiger partial charge in [-0.3, -0.25) is 9.79 Å². The first-order chi connectivity index (χ1) is 15.4. The van der Waals surface area contributed by atoms with Crippen molar-refractivity contribution in [1.82, 2.24) is 14.9 Å². The van der Waals surface area contributed by atoms with Crippen molar-refractivity contribution in [2.24, 2.45) is 10.9 Å². The van der Waals surface area contributed by atoms with Crippen LogP contribution in [0.3, 0.4) is 0 Å². The van der Waals surface area contributed by atoms with Gasteiger partial charge in [-0.1, -0.05) is 19.9 Å². The maximum atomic E-state index is 14.6. The lowest BCUT2D eigenvalue weighted by atomic mass is 10.1. The molecule has 8 heteroatoms. The summed E-state index contributed by atoms with van der Waals surface area (Å²) < 4.78 is 14.6. The van der Waals surface area contributed by atoms with Crippen LogP contribution in [-0.2, 0) is 4.79 Å². The number of aromatic nitrogens is 2. The normalized spacial score (nSPS) is 14.4. The second-order valence-corrected chi connectivity index (χ2v) is 9.15. The van der Waals surface area contributed by atoms with Crippen LogP contribution in [0.2, 0.25) is 0 Å². The summed E-state index contributed by atoms with van der Waals surface area (Å²) in [4.78, 5) is 29.3. The monoisotopic (exact) mass is 451 g/mol. The highest BCUT2D eigenvalue weighted by Crippen LogP contribution is 2.36. The average molecular weight is 452 g/mol.